The van der Waals surface area contributed by atoms with Gasteiger partial charge < -0.3 is 15.3 Å². The molecule has 23 heavy (non-hydrogen) atoms. The van der Waals surface area contributed by atoms with Gasteiger partial charge >= 0.3 is 0 Å². The second-order valence-corrected chi connectivity index (χ2v) is 6.51. The van der Waals surface area contributed by atoms with Crippen molar-refractivity contribution in [2.45, 2.75) is 25.0 Å². The summed E-state index contributed by atoms with van der Waals surface area (Å²) in [5.74, 6) is 0. The SMILES string of the molecule is OC(CNC1CCN(c2ccccc2)CC1)c1ccc(Cl)cc1. The number of aliphatic hydroxyl groups is 1. The molecule has 4 heteroatoms. The molecule has 122 valence electrons. The molecule has 2 aromatic carbocycles. The normalized spacial score (nSPS) is 17.2. The molecule has 1 unspecified atom stereocenters. The van der Waals surface area contributed by atoms with Crippen LogP contribution in [-0.2, 0) is 0 Å². The average Bonchev–Trinajstić information content (AvgIpc) is 2.61. The van der Waals surface area contributed by atoms with Gasteiger partial charge in [0.15, 0.2) is 0 Å². The van der Waals surface area contributed by atoms with E-state index in [1.165, 1.54) is 5.69 Å². The van der Waals surface area contributed by atoms with Crippen LogP contribution >= 0.6 is 11.6 Å². The molecule has 0 saturated carbocycles. The number of nitrogens with one attached hydrogen (secondary N) is 1. The van der Waals surface area contributed by atoms with Crippen molar-refractivity contribution in [3.05, 3.63) is 65.2 Å². The van der Waals surface area contributed by atoms with Crippen LogP contribution in [0.1, 0.15) is 24.5 Å². The maximum Gasteiger partial charge on any atom is 0.0914 e. The number of piperidine rings is 1. The maximum atomic E-state index is 10.3. The molecule has 0 amide bonds. The van der Waals surface area contributed by atoms with E-state index in [0.717, 1.165) is 31.5 Å². The highest BCUT2D eigenvalue weighted by Crippen LogP contribution is 2.20. The van der Waals surface area contributed by atoms with Crippen LogP contribution < -0.4 is 10.2 Å². The topological polar surface area (TPSA) is 35.5 Å². The molecule has 3 rings (SSSR count). The molecule has 0 aromatic heterocycles. The molecule has 0 radical (unpaired) electrons. The van der Waals surface area contributed by atoms with E-state index in [2.05, 4.69) is 40.5 Å². The van der Waals surface area contributed by atoms with Crippen LogP contribution in [0, 0.1) is 0 Å². The maximum absolute atomic E-state index is 10.3. The molecular weight excluding hydrogens is 308 g/mol. The Morgan fingerprint density at radius 1 is 1.04 bits per heavy atom. The van der Waals surface area contributed by atoms with Gasteiger partial charge in [-0.15, -0.1) is 0 Å². The second-order valence-electron chi connectivity index (χ2n) is 6.07. The van der Waals surface area contributed by atoms with E-state index in [4.69, 9.17) is 11.6 Å². The molecule has 3 nitrogen and oxygen atoms in total. The van der Waals surface area contributed by atoms with Crippen molar-refractivity contribution < 1.29 is 5.11 Å². The number of anilines is 1. The summed E-state index contributed by atoms with van der Waals surface area (Å²) < 4.78 is 0. The van der Waals surface area contributed by atoms with Crippen LogP contribution in [0.3, 0.4) is 0 Å². The Balaban J connectivity index is 1.45. The summed E-state index contributed by atoms with van der Waals surface area (Å²) in [4.78, 5) is 2.42. The van der Waals surface area contributed by atoms with Crippen molar-refractivity contribution in [1.29, 1.82) is 0 Å². The first-order chi connectivity index (χ1) is 11.2. The highest BCUT2D eigenvalue weighted by molar-refractivity contribution is 6.30. The lowest BCUT2D eigenvalue weighted by Gasteiger charge is -2.34. The van der Waals surface area contributed by atoms with Crippen LogP contribution in [-0.4, -0.2) is 30.8 Å². The molecule has 2 aromatic rings. The lowest BCUT2D eigenvalue weighted by Crippen LogP contribution is -2.43. The minimum atomic E-state index is -0.487. The van der Waals surface area contributed by atoms with Crippen LogP contribution in [0.4, 0.5) is 5.69 Å². The first kappa shape index (κ1) is 16.3. The molecule has 1 aliphatic rings. The summed E-state index contributed by atoms with van der Waals surface area (Å²) in [6, 6.07) is 18.4. The number of aliphatic hydroxyl groups excluding tert-OH is 1. The molecule has 0 bridgehead atoms. The zero-order valence-corrected chi connectivity index (χ0v) is 13.9. The van der Waals surface area contributed by atoms with E-state index >= 15 is 0 Å². The van der Waals surface area contributed by atoms with Gasteiger partial charge in [-0.25, -0.2) is 0 Å². The lowest BCUT2D eigenvalue weighted by molar-refractivity contribution is 0.167. The highest BCUT2D eigenvalue weighted by Gasteiger charge is 2.20. The van der Waals surface area contributed by atoms with E-state index in [0.29, 0.717) is 17.6 Å². The van der Waals surface area contributed by atoms with Crippen molar-refractivity contribution >= 4 is 17.3 Å². The standard InChI is InChI=1S/C19H23ClN2O/c20-16-8-6-15(7-9-16)19(23)14-21-17-10-12-22(13-11-17)18-4-2-1-3-5-18/h1-9,17,19,21,23H,10-14H2. The van der Waals surface area contributed by atoms with E-state index in [9.17, 15) is 5.11 Å². The fourth-order valence-corrected chi connectivity index (χ4v) is 3.19. The highest BCUT2D eigenvalue weighted by atomic mass is 35.5. The Morgan fingerprint density at radius 3 is 2.35 bits per heavy atom. The molecular formula is C19H23ClN2O. The van der Waals surface area contributed by atoms with Gasteiger partial charge in [0.2, 0.25) is 0 Å². The molecule has 0 spiro atoms. The first-order valence-corrected chi connectivity index (χ1v) is 8.57. The molecule has 1 saturated heterocycles. The Kier molecular flexibility index (Phi) is 5.55. The summed E-state index contributed by atoms with van der Waals surface area (Å²) in [7, 11) is 0. The Morgan fingerprint density at radius 2 is 1.70 bits per heavy atom. The Bertz CT molecular complexity index is 595. The van der Waals surface area contributed by atoms with Crippen LogP contribution in [0.5, 0.6) is 0 Å². The smallest absolute Gasteiger partial charge is 0.0914 e. The summed E-state index contributed by atoms with van der Waals surface area (Å²) in [5, 5.41) is 14.4. The number of benzene rings is 2. The third kappa shape index (κ3) is 4.47. The number of para-hydroxylation sites is 1. The van der Waals surface area contributed by atoms with Gasteiger partial charge in [0.05, 0.1) is 6.10 Å². The monoisotopic (exact) mass is 330 g/mol. The average molecular weight is 331 g/mol. The van der Waals surface area contributed by atoms with Gasteiger partial charge in [0, 0.05) is 36.4 Å². The zero-order valence-electron chi connectivity index (χ0n) is 13.2. The van der Waals surface area contributed by atoms with Gasteiger partial charge in [0.25, 0.3) is 0 Å². The largest absolute Gasteiger partial charge is 0.387 e. The molecule has 1 fully saturated rings. The van der Waals surface area contributed by atoms with E-state index in [1.807, 2.05) is 24.3 Å². The summed E-state index contributed by atoms with van der Waals surface area (Å²) in [6.07, 6.45) is 1.71. The van der Waals surface area contributed by atoms with Crippen LogP contribution in [0.25, 0.3) is 0 Å². The summed E-state index contributed by atoms with van der Waals surface area (Å²) in [6.45, 7) is 2.69. The quantitative estimate of drug-likeness (QED) is 0.878. The summed E-state index contributed by atoms with van der Waals surface area (Å²) >= 11 is 5.88. The number of rotatable bonds is 5. The van der Waals surface area contributed by atoms with Gasteiger partial charge in [0.1, 0.15) is 0 Å². The third-order valence-corrected chi connectivity index (χ3v) is 4.72. The predicted molar refractivity (Wildman–Crippen MR) is 96.1 cm³/mol. The van der Waals surface area contributed by atoms with Gasteiger partial charge in [-0.1, -0.05) is 41.9 Å². The number of hydrogen-bond acceptors (Lipinski definition) is 3. The molecule has 0 aliphatic carbocycles. The molecule has 1 heterocycles. The first-order valence-electron chi connectivity index (χ1n) is 8.19. The minimum Gasteiger partial charge on any atom is -0.387 e. The van der Waals surface area contributed by atoms with Crippen LogP contribution in [0.2, 0.25) is 5.02 Å². The Hall–Kier alpha value is -1.55. The van der Waals surface area contributed by atoms with Crippen molar-refractivity contribution in [2.24, 2.45) is 0 Å². The number of nitrogens with zero attached hydrogens (tertiary/aromatic N) is 1. The lowest BCUT2D eigenvalue weighted by atomic mass is 10.0. The number of halogens is 1. The minimum absolute atomic E-state index is 0.469. The van der Waals surface area contributed by atoms with Crippen molar-refractivity contribution in [1.82, 2.24) is 5.32 Å². The number of hydrogen-bond donors (Lipinski definition) is 2. The zero-order chi connectivity index (χ0) is 16.1. The fraction of sp³-hybridized carbons (Fsp3) is 0.368. The molecule has 2 N–H and O–H groups in total. The molecule has 1 aliphatic heterocycles. The van der Waals surface area contributed by atoms with Crippen molar-refractivity contribution in [2.75, 3.05) is 24.5 Å². The summed E-state index contributed by atoms with van der Waals surface area (Å²) in [5.41, 5.74) is 2.20. The fourth-order valence-electron chi connectivity index (χ4n) is 3.06. The van der Waals surface area contributed by atoms with Gasteiger partial charge in [-0.2, -0.15) is 0 Å². The van der Waals surface area contributed by atoms with Gasteiger partial charge in [-0.05, 0) is 42.7 Å². The van der Waals surface area contributed by atoms with Gasteiger partial charge in [-0.3, -0.25) is 0 Å². The van der Waals surface area contributed by atoms with E-state index in [1.54, 1.807) is 0 Å². The Labute approximate surface area is 142 Å². The molecule has 1 atom stereocenters. The van der Waals surface area contributed by atoms with E-state index in [-0.39, 0.29) is 0 Å². The van der Waals surface area contributed by atoms with Crippen molar-refractivity contribution in [3.8, 4) is 0 Å². The second kappa shape index (κ2) is 7.82. The third-order valence-electron chi connectivity index (χ3n) is 4.47. The van der Waals surface area contributed by atoms with E-state index < -0.39 is 6.10 Å². The van der Waals surface area contributed by atoms with Crippen LogP contribution in [0.15, 0.2) is 54.6 Å². The van der Waals surface area contributed by atoms with Crippen molar-refractivity contribution in [3.63, 3.8) is 0 Å². The predicted octanol–water partition coefficient (Wildman–Crippen LogP) is 3.63.